The molecule has 346 valence electrons. The molecule has 59 heavy (non-hydrogen) atoms. The van der Waals surface area contributed by atoms with Crippen molar-refractivity contribution in [2.75, 3.05) is 13.2 Å². The van der Waals surface area contributed by atoms with Crippen molar-refractivity contribution in [1.82, 2.24) is 0 Å². The molecule has 1 aliphatic carbocycles. The molecule has 6 N–H and O–H groups in total. The number of aliphatic hydroxyl groups is 5. The predicted octanol–water partition coefficient (Wildman–Crippen LogP) is 8.84. The van der Waals surface area contributed by atoms with Gasteiger partial charge in [0.15, 0.2) is 6.10 Å². The zero-order valence-electron chi connectivity index (χ0n) is 36.6. The van der Waals surface area contributed by atoms with E-state index in [0.29, 0.717) is 12.8 Å². The molecule has 13 nitrogen and oxygen atoms in total. The van der Waals surface area contributed by atoms with Gasteiger partial charge in [0.05, 0.1) is 6.61 Å². The van der Waals surface area contributed by atoms with E-state index < -0.39 is 75.7 Å². The zero-order chi connectivity index (χ0) is 43.6. The van der Waals surface area contributed by atoms with Crippen LogP contribution in [0.3, 0.4) is 0 Å². The number of phosphoric acid groups is 1. The minimum Gasteiger partial charge on any atom is -0.462 e. The monoisotopic (exact) mass is 863 g/mol. The Morgan fingerprint density at radius 3 is 1.41 bits per heavy atom. The predicted molar refractivity (Wildman–Crippen MR) is 230 cm³/mol. The third-order valence-electron chi connectivity index (χ3n) is 10.8. The van der Waals surface area contributed by atoms with E-state index in [0.717, 1.165) is 70.6 Å². The Hall–Kier alpha value is -1.67. The van der Waals surface area contributed by atoms with Crippen molar-refractivity contribution in [2.24, 2.45) is 0 Å². The summed E-state index contributed by atoms with van der Waals surface area (Å²) < 4.78 is 33.5. The molecule has 0 aromatic carbocycles. The van der Waals surface area contributed by atoms with E-state index in [4.69, 9.17) is 18.5 Å². The molecular weight excluding hydrogens is 779 g/mol. The largest absolute Gasteiger partial charge is 0.472 e. The normalized spacial score (nSPS) is 22.5. The number of esters is 2. The van der Waals surface area contributed by atoms with Crippen LogP contribution < -0.4 is 0 Å². The molecule has 0 amide bonds. The summed E-state index contributed by atoms with van der Waals surface area (Å²) in [6.45, 7) is 3.27. The molecule has 6 atom stereocenters. The Balaban J connectivity index is 2.46. The molecule has 1 fully saturated rings. The van der Waals surface area contributed by atoms with Crippen molar-refractivity contribution >= 4 is 19.8 Å². The summed E-state index contributed by atoms with van der Waals surface area (Å²) in [6, 6.07) is 0. The standard InChI is InChI=1S/C45H83O13P/c1-3-5-7-9-11-13-15-17-19-21-23-25-27-29-31-33-38(46)55-35-37(36-56-59(53,54)58-45-43(51)41(49)40(48)42(50)44(45)52)57-39(47)34-32-30-28-26-24-22-20-18-16-14-12-10-8-6-4-2/h11,13,17,19,37,40-45,48-52H,3-10,12,14-16,18,20-36H2,1-2H3,(H,53,54). The maximum Gasteiger partial charge on any atom is 0.472 e. The molecule has 0 spiro atoms. The van der Waals surface area contributed by atoms with E-state index in [1.807, 2.05) is 0 Å². The number of rotatable bonds is 38. The number of ether oxygens (including phenoxy) is 2. The van der Waals surface area contributed by atoms with Gasteiger partial charge in [0, 0.05) is 12.8 Å². The van der Waals surface area contributed by atoms with Crippen molar-refractivity contribution in [3.8, 4) is 0 Å². The van der Waals surface area contributed by atoms with Crippen molar-refractivity contribution in [3.63, 3.8) is 0 Å². The highest BCUT2D eigenvalue weighted by atomic mass is 31.2. The van der Waals surface area contributed by atoms with Crippen molar-refractivity contribution in [2.45, 2.75) is 236 Å². The van der Waals surface area contributed by atoms with Crippen LogP contribution in [0.5, 0.6) is 0 Å². The number of hydrogen-bond acceptors (Lipinski definition) is 12. The summed E-state index contributed by atoms with van der Waals surface area (Å²) in [5, 5.41) is 50.1. The topological polar surface area (TPSA) is 210 Å². The molecule has 0 bridgehead atoms. The van der Waals surface area contributed by atoms with E-state index in [1.54, 1.807) is 0 Å². The van der Waals surface area contributed by atoms with Gasteiger partial charge in [-0.3, -0.25) is 18.6 Å². The number of carbonyl (C=O) groups excluding carboxylic acids is 2. The summed E-state index contributed by atoms with van der Waals surface area (Å²) in [5.74, 6) is -1.11. The minimum absolute atomic E-state index is 0.0977. The van der Waals surface area contributed by atoms with Crippen LogP contribution in [-0.2, 0) is 32.7 Å². The Morgan fingerprint density at radius 1 is 0.525 bits per heavy atom. The number of carbonyl (C=O) groups is 2. The van der Waals surface area contributed by atoms with Crippen molar-refractivity contribution in [1.29, 1.82) is 0 Å². The second-order valence-corrected chi connectivity index (χ2v) is 17.7. The van der Waals surface area contributed by atoms with E-state index in [-0.39, 0.29) is 12.8 Å². The van der Waals surface area contributed by atoms with Crippen LogP contribution in [0.15, 0.2) is 24.3 Å². The van der Waals surface area contributed by atoms with Gasteiger partial charge in [0.1, 0.15) is 43.2 Å². The summed E-state index contributed by atoms with van der Waals surface area (Å²) in [5.41, 5.74) is 0. The molecule has 14 heteroatoms. The molecule has 0 aromatic heterocycles. The van der Waals surface area contributed by atoms with Crippen molar-refractivity contribution in [3.05, 3.63) is 24.3 Å². The number of phosphoric ester groups is 1. The smallest absolute Gasteiger partial charge is 0.462 e. The van der Waals surface area contributed by atoms with Crippen LogP contribution in [0.25, 0.3) is 0 Å². The fourth-order valence-corrected chi connectivity index (χ4v) is 8.00. The number of unbranched alkanes of at least 4 members (excludes halogenated alkanes) is 22. The van der Waals surface area contributed by atoms with Gasteiger partial charge in [0.2, 0.25) is 0 Å². The third-order valence-corrected chi connectivity index (χ3v) is 11.8. The molecule has 1 saturated carbocycles. The lowest BCUT2D eigenvalue weighted by Crippen LogP contribution is -2.64. The summed E-state index contributed by atoms with van der Waals surface area (Å²) in [7, 11) is -5.12. The average molecular weight is 863 g/mol. The highest BCUT2D eigenvalue weighted by molar-refractivity contribution is 7.47. The van der Waals surface area contributed by atoms with E-state index in [1.165, 1.54) is 83.5 Å². The van der Waals surface area contributed by atoms with Gasteiger partial charge < -0.3 is 39.9 Å². The first-order chi connectivity index (χ1) is 28.4. The lowest BCUT2D eigenvalue weighted by atomic mass is 9.85. The van der Waals surface area contributed by atoms with Crippen LogP contribution in [0, 0.1) is 0 Å². The average Bonchev–Trinajstić information content (AvgIpc) is 3.21. The van der Waals surface area contributed by atoms with Crippen LogP contribution in [0.4, 0.5) is 0 Å². The van der Waals surface area contributed by atoms with Gasteiger partial charge in [-0.05, 0) is 44.9 Å². The van der Waals surface area contributed by atoms with Gasteiger partial charge in [-0.2, -0.15) is 0 Å². The number of aliphatic hydroxyl groups excluding tert-OH is 5. The molecule has 0 radical (unpaired) electrons. The van der Waals surface area contributed by atoms with Crippen LogP contribution >= 0.6 is 7.82 Å². The van der Waals surface area contributed by atoms with Crippen LogP contribution in [0.1, 0.15) is 194 Å². The maximum absolute atomic E-state index is 12.8. The Morgan fingerprint density at radius 2 is 0.915 bits per heavy atom. The summed E-state index contributed by atoms with van der Waals surface area (Å²) in [4.78, 5) is 35.7. The first kappa shape index (κ1) is 55.3. The molecule has 0 aromatic rings. The van der Waals surface area contributed by atoms with Gasteiger partial charge >= 0.3 is 19.8 Å². The van der Waals surface area contributed by atoms with Gasteiger partial charge in [-0.25, -0.2) is 4.57 Å². The molecule has 1 aliphatic rings. The fourth-order valence-electron chi connectivity index (χ4n) is 7.02. The molecular formula is C45H83O13P. The molecule has 0 saturated heterocycles. The quantitative estimate of drug-likeness (QED) is 0.0149. The van der Waals surface area contributed by atoms with Gasteiger partial charge in [0.25, 0.3) is 0 Å². The van der Waals surface area contributed by atoms with Crippen molar-refractivity contribution < 1.29 is 63.1 Å². The number of hydrogen-bond donors (Lipinski definition) is 6. The highest BCUT2D eigenvalue weighted by Crippen LogP contribution is 2.47. The molecule has 0 heterocycles. The first-order valence-corrected chi connectivity index (χ1v) is 24.6. The second-order valence-electron chi connectivity index (χ2n) is 16.3. The van der Waals surface area contributed by atoms with Gasteiger partial charge in [-0.15, -0.1) is 0 Å². The highest BCUT2D eigenvalue weighted by Gasteiger charge is 2.51. The summed E-state index contributed by atoms with van der Waals surface area (Å²) in [6.07, 6.45) is 25.1. The van der Waals surface area contributed by atoms with E-state index >= 15 is 0 Å². The SMILES string of the molecule is CCCCCC=CCC=CCCCCCCCC(=O)OCC(COP(=O)(O)OC1C(O)C(O)C(O)C(O)C1O)OC(=O)CCCCCCCCCCCCCCCCC. The van der Waals surface area contributed by atoms with Crippen LogP contribution in [-0.4, -0.2) is 98.3 Å². The lowest BCUT2D eigenvalue weighted by molar-refractivity contribution is -0.220. The van der Waals surface area contributed by atoms with Crippen LogP contribution in [0.2, 0.25) is 0 Å². The summed E-state index contributed by atoms with van der Waals surface area (Å²) >= 11 is 0. The molecule has 6 unspecified atom stereocenters. The Kier molecular flexibility index (Phi) is 33.7. The molecule has 0 aliphatic heterocycles. The lowest BCUT2D eigenvalue weighted by Gasteiger charge is -2.41. The number of allylic oxidation sites excluding steroid dienone is 4. The zero-order valence-corrected chi connectivity index (χ0v) is 37.4. The Bertz CT molecular complexity index is 1130. The second kappa shape index (κ2) is 35.9. The van der Waals surface area contributed by atoms with E-state index in [2.05, 4.69) is 38.2 Å². The first-order valence-electron chi connectivity index (χ1n) is 23.1. The van der Waals surface area contributed by atoms with E-state index in [9.17, 15) is 44.6 Å². The molecule has 1 rings (SSSR count). The maximum atomic E-state index is 12.8. The third kappa shape index (κ3) is 28.5. The fraction of sp³-hybridized carbons (Fsp3) is 0.867. The Labute approximate surface area is 356 Å². The van der Waals surface area contributed by atoms with Gasteiger partial charge in [-0.1, -0.05) is 160 Å². The minimum atomic E-state index is -5.12.